The minimum atomic E-state index is -2.45. The Morgan fingerprint density at radius 3 is 2.50 bits per heavy atom. The van der Waals surface area contributed by atoms with E-state index in [9.17, 15) is 18.4 Å². The van der Waals surface area contributed by atoms with Crippen molar-refractivity contribution < 1.29 is 23.1 Å². The lowest BCUT2D eigenvalue weighted by Crippen LogP contribution is -2.40. The molecule has 1 aliphatic carbocycles. The highest BCUT2D eigenvalue weighted by molar-refractivity contribution is 6.05. The van der Waals surface area contributed by atoms with Gasteiger partial charge in [-0.25, -0.2) is 8.78 Å². The molecule has 6 heteroatoms. The number of methoxy groups -OCH3 is 1. The van der Waals surface area contributed by atoms with Gasteiger partial charge in [0.1, 0.15) is 5.41 Å². The molecule has 1 amide bonds. The van der Waals surface area contributed by atoms with E-state index in [1.807, 2.05) is 0 Å². The van der Waals surface area contributed by atoms with Gasteiger partial charge in [-0.1, -0.05) is 24.3 Å². The molecule has 1 saturated heterocycles. The summed E-state index contributed by atoms with van der Waals surface area (Å²) in [6, 6.07) is 6.36. The first-order chi connectivity index (χ1) is 11.5. The molecule has 24 heavy (non-hydrogen) atoms. The standard InChI is InChI=1S/C18H21F2NO3/c1-24-17(23)18(7-8-18)16(22)21-9-6-13(11-21)10-12-2-4-14(5-3-12)15(19)20/h2-5,13,15H,6-11H2,1H3. The third-order valence-electron chi connectivity index (χ3n) is 5.06. The number of benzene rings is 1. The molecule has 1 heterocycles. The second-order valence-corrected chi connectivity index (χ2v) is 6.73. The summed E-state index contributed by atoms with van der Waals surface area (Å²) < 4.78 is 29.9. The van der Waals surface area contributed by atoms with Gasteiger partial charge in [0.25, 0.3) is 6.43 Å². The molecule has 1 unspecified atom stereocenters. The Labute approximate surface area is 139 Å². The number of carbonyl (C=O) groups excluding carboxylic acids is 2. The molecule has 0 N–H and O–H groups in total. The van der Waals surface area contributed by atoms with Crippen LogP contribution in [0.1, 0.15) is 36.8 Å². The van der Waals surface area contributed by atoms with Crippen molar-refractivity contribution in [3.8, 4) is 0 Å². The van der Waals surface area contributed by atoms with Gasteiger partial charge >= 0.3 is 5.97 Å². The number of amides is 1. The zero-order chi connectivity index (χ0) is 17.3. The maximum Gasteiger partial charge on any atom is 0.321 e. The molecular formula is C18H21F2NO3. The van der Waals surface area contributed by atoms with Crippen molar-refractivity contribution in [2.45, 2.75) is 32.1 Å². The number of alkyl halides is 2. The summed E-state index contributed by atoms with van der Waals surface area (Å²) in [4.78, 5) is 26.2. The first-order valence-corrected chi connectivity index (χ1v) is 8.21. The number of rotatable bonds is 5. The van der Waals surface area contributed by atoms with Crippen LogP contribution < -0.4 is 0 Å². The van der Waals surface area contributed by atoms with Gasteiger partial charge in [-0.05, 0) is 37.2 Å². The zero-order valence-electron chi connectivity index (χ0n) is 13.6. The van der Waals surface area contributed by atoms with Crippen LogP contribution in [0.3, 0.4) is 0 Å². The number of hydrogen-bond donors (Lipinski definition) is 0. The predicted octanol–water partition coefficient (Wildman–Crippen LogP) is 2.97. The van der Waals surface area contributed by atoms with Crippen LogP contribution >= 0.6 is 0 Å². The highest BCUT2D eigenvalue weighted by atomic mass is 19.3. The van der Waals surface area contributed by atoms with Crippen molar-refractivity contribution in [2.24, 2.45) is 11.3 Å². The Morgan fingerprint density at radius 2 is 1.96 bits per heavy atom. The Balaban J connectivity index is 1.58. The SMILES string of the molecule is COC(=O)C1(C(=O)N2CCC(Cc3ccc(C(F)F)cc3)C2)CC1. The lowest BCUT2D eigenvalue weighted by molar-refractivity contribution is -0.155. The van der Waals surface area contributed by atoms with Crippen molar-refractivity contribution in [1.82, 2.24) is 4.90 Å². The predicted molar refractivity (Wildman–Crippen MR) is 83.5 cm³/mol. The lowest BCUT2D eigenvalue weighted by Gasteiger charge is -2.21. The molecule has 0 aromatic heterocycles. The van der Waals surface area contributed by atoms with Gasteiger partial charge in [-0.3, -0.25) is 9.59 Å². The minimum Gasteiger partial charge on any atom is -0.468 e. The fraction of sp³-hybridized carbons (Fsp3) is 0.556. The molecular weight excluding hydrogens is 316 g/mol. The van der Waals surface area contributed by atoms with E-state index in [0.717, 1.165) is 18.4 Å². The Hall–Kier alpha value is -1.98. The van der Waals surface area contributed by atoms with E-state index in [2.05, 4.69) is 0 Å². The fourth-order valence-corrected chi connectivity index (χ4v) is 3.44. The number of carbonyl (C=O) groups is 2. The van der Waals surface area contributed by atoms with Crippen LogP contribution in [0.25, 0.3) is 0 Å². The summed E-state index contributed by atoms with van der Waals surface area (Å²) in [5.74, 6) is -0.261. The summed E-state index contributed by atoms with van der Waals surface area (Å²) in [5, 5.41) is 0. The first-order valence-electron chi connectivity index (χ1n) is 8.21. The van der Waals surface area contributed by atoms with Crippen LogP contribution in [0.2, 0.25) is 0 Å². The second kappa shape index (κ2) is 6.49. The van der Waals surface area contributed by atoms with Crippen LogP contribution in [0.5, 0.6) is 0 Å². The Bertz CT molecular complexity index is 626. The molecule has 130 valence electrons. The van der Waals surface area contributed by atoms with E-state index in [4.69, 9.17) is 4.74 Å². The van der Waals surface area contributed by atoms with Crippen LogP contribution in [-0.2, 0) is 20.7 Å². The largest absolute Gasteiger partial charge is 0.468 e. The van der Waals surface area contributed by atoms with Gasteiger partial charge in [0.05, 0.1) is 7.11 Å². The van der Waals surface area contributed by atoms with Crippen LogP contribution in [0.15, 0.2) is 24.3 Å². The molecule has 1 atom stereocenters. The molecule has 0 spiro atoms. The van der Waals surface area contributed by atoms with E-state index in [1.165, 1.54) is 19.2 Å². The van der Waals surface area contributed by atoms with Crippen molar-refractivity contribution in [3.63, 3.8) is 0 Å². The van der Waals surface area contributed by atoms with E-state index >= 15 is 0 Å². The average molecular weight is 337 g/mol. The average Bonchev–Trinajstić information content (AvgIpc) is 3.27. The number of nitrogens with zero attached hydrogens (tertiary/aromatic N) is 1. The summed E-state index contributed by atoms with van der Waals surface area (Å²) in [5.41, 5.74) is 0.0752. The second-order valence-electron chi connectivity index (χ2n) is 6.73. The molecule has 1 saturated carbocycles. The number of ether oxygens (including phenoxy) is 1. The fourth-order valence-electron chi connectivity index (χ4n) is 3.44. The zero-order valence-corrected chi connectivity index (χ0v) is 13.6. The van der Waals surface area contributed by atoms with Crippen molar-refractivity contribution in [2.75, 3.05) is 20.2 Å². The van der Waals surface area contributed by atoms with Crippen molar-refractivity contribution in [3.05, 3.63) is 35.4 Å². The number of hydrogen-bond acceptors (Lipinski definition) is 3. The number of halogens is 2. The molecule has 4 nitrogen and oxygen atoms in total. The Morgan fingerprint density at radius 1 is 1.29 bits per heavy atom. The molecule has 3 rings (SSSR count). The summed E-state index contributed by atoms with van der Waals surface area (Å²) >= 11 is 0. The summed E-state index contributed by atoms with van der Waals surface area (Å²) in [6.45, 7) is 1.24. The highest BCUT2D eigenvalue weighted by Crippen LogP contribution is 2.49. The van der Waals surface area contributed by atoms with Crippen molar-refractivity contribution in [1.29, 1.82) is 0 Å². The maximum absolute atomic E-state index is 12.6. The minimum absolute atomic E-state index is 0.0238. The Kier molecular flexibility index (Phi) is 4.56. The van der Waals surface area contributed by atoms with Crippen LogP contribution in [-0.4, -0.2) is 37.0 Å². The maximum atomic E-state index is 12.6. The van der Waals surface area contributed by atoms with E-state index in [-0.39, 0.29) is 11.5 Å². The summed E-state index contributed by atoms with van der Waals surface area (Å²) in [7, 11) is 1.31. The van der Waals surface area contributed by atoms with Gasteiger partial charge in [-0.2, -0.15) is 0 Å². The van der Waals surface area contributed by atoms with E-state index in [1.54, 1.807) is 17.0 Å². The quantitative estimate of drug-likeness (QED) is 0.613. The van der Waals surface area contributed by atoms with Crippen molar-refractivity contribution >= 4 is 11.9 Å². The molecule has 1 aliphatic heterocycles. The topological polar surface area (TPSA) is 46.6 Å². The van der Waals surface area contributed by atoms with Gasteiger partial charge < -0.3 is 9.64 Å². The third kappa shape index (κ3) is 3.14. The molecule has 0 radical (unpaired) electrons. The van der Waals surface area contributed by atoms with Gasteiger partial charge in [-0.15, -0.1) is 0 Å². The number of esters is 1. The summed E-state index contributed by atoms with van der Waals surface area (Å²) in [6.07, 6.45) is 0.286. The normalized spacial score (nSPS) is 21.8. The molecule has 2 aliphatic rings. The first kappa shape index (κ1) is 16.9. The van der Waals surface area contributed by atoms with Gasteiger partial charge in [0, 0.05) is 18.7 Å². The van der Waals surface area contributed by atoms with Crippen LogP contribution in [0, 0.1) is 11.3 Å². The third-order valence-corrected chi connectivity index (χ3v) is 5.06. The van der Waals surface area contributed by atoms with E-state index in [0.29, 0.717) is 31.8 Å². The molecule has 1 aromatic carbocycles. The monoisotopic (exact) mass is 337 g/mol. The molecule has 1 aromatic rings. The number of likely N-dealkylation sites (tertiary alicyclic amines) is 1. The van der Waals surface area contributed by atoms with Gasteiger partial charge in [0.2, 0.25) is 5.91 Å². The van der Waals surface area contributed by atoms with E-state index < -0.39 is 17.8 Å². The molecule has 2 fully saturated rings. The van der Waals surface area contributed by atoms with Crippen LogP contribution in [0.4, 0.5) is 8.78 Å². The highest BCUT2D eigenvalue weighted by Gasteiger charge is 2.59. The van der Waals surface area contributed by atoms with Gasteiger partial charge in [0.15, 0.2) is 0 Å². The lowest BCUT2D eigenvalue weighted by atomic mass is 9.98. The smallest absolute Gasteiger partial charge is 0.321 e. The molecule has 0 bridgehead atoms.